The summed E-state index contributed by atoms with van der Waals surface area (Å²) in [6, 6.07) is 0.668. The van der Waals surface area contributed by atoms with E-state index in [-0.39, 0.29) is 0 Å². The lowest BCUT2D eigenvalue weighted by molar-refractivity contribution is 0.296. The molecule has 84 valence electrons. The van der Waals surface area contributed by atoms with Crippen molar-refractivity contribution in [2.45, 2.75) is 39.2 Å². The van der Waals surface area contributed by atoms with Crippen molar-refractivity contribution in [3.05, 3.63) is 0 Å². The highest BCUT2D eigenvalue weighted by atomic mass is 32.2. The van der Waals surface area contributed by atoms with Gasteiger partial charge in [-0.25, -0.2) is 0 Å². The molecule has 1 fully saturated rings. The van der Waals surface area contributed by atoms with Crippen LogP contribution in [0.1, 0.15) is 33.1 Å². The summed E-state index contributed by atoms with van der Waals surface area (Å²) in [6.07, 6.45) is 3.70. The predicted octanol–water partition coefficient (Wildman–Crippen LogP) is 1.88. The molecule has 1 rings (SSSR count). The Balaban J connectivity index is 1.88. The standard InChI is InChI=1S/C11H23NOS/c1-10(11(2)4-5-11)12-6-9-14-8-3-7-13/h10,12-13H,3-9H2,1-2H3. The fourth-order valence-electron chi connectivity index (χ4n) is 1.49. The first-order valence-corrected chi connectivity index (χ1v) is 6.76. The van der Waals surface area contributed by atoms with Crippen LogP contribution in [0.2, 0.25) is 0 Å². The normalized spacial score (nSPS) is 20.8. The average Bonchev–Trinajstić information content (AvgIpc) is 2.91. The highest BCUT2D eigenvalue weighted by Crippen LogP contribution is 2.47. The van der Waals surface area contributed by atoms with E-state index in [9.17, 15) is 0 Å². The van der Waals surface area contributed by atoms with Gasteiger partial charge in [-0.1, -0.05) is 6.92 Å². The second-order valence-electron chi connectivity index (χ2n) is 4.52. The molecule has 0 spiro atoms. The zero-order chi connectivity index (χ0) is 10.4. The van der Waals surface area contributed by atoms with Crippen LogP contribution in [0.15, 0.2) is 0 Å². The molecule has 1 aliphatic rings. The van der Waals surface area contributed by atoms with Crippen molar-refractivity contribution in [1.29, 1.82) is 0 Å². The maximum Gasteiger partial charge on any atom is 0.0438 e. The molecule has 1 aliphatic carbocycles. The van der Waals surface area contributed by atoms with Gasteiger partial charge >= 0.3 is 0 Å². The fraction of sp³-hybridized carbons (Fsp3) is 1.00. The van der Waals surface area contributed by atoms with Gasteiger partial charge in [0.15, 0.2) is 0 Å². The molecule has 14 heavy (non-hydrogen) atoms. The number of rotatable bonds is 8. The van der Waals surface area contributed by atoms with Crippen LogP contribution in [0.3, 0.4) is 0 Å². The minimum absolute atomic E-state index is 0.328. The van der Waals surface area contributed by atoms with Gasteiger partial charge in [0.2, 0.25) is 0 Å². The predicted molar refractivity (Wildman–Crippen MR) is 63.8 cm³/mol. The Morgan fingerprint density at radius 2 is 2.14 bits per heavy atom. The van der Waals surface area contributed by atoms with Gasteiger partial charge in [0, 0.05) is 24.9 Å². The minimum Gasteiger partial charge on any atom is -0.396 e. The first-order valence-electron chi connectivity index (χ1n) is 5.61. The lowest BCUT2D eigenvalue weighted by atomic mass is 10.0. The molecular formula is C11H23NOS. The second kappa shape index (κ2) is 5.99. The van der Waals surface area contributed by atoms with Crippen molar-refractivity contribution in [2.24, 2.45) is 5.41 Å². The van der Waals surface area contributed by atoms with Gasteiger partial charge < -0.3 is 10.4 Å². The third-order valence-electron chi connectivity index (χ3n) is 3.23. The molecular weight excluding hydrogens is 194 g/mol. The summed E-state index contributed by atoms with van der Waals surface area (Å²) in [5.74, 6) is 2.25. The van der Waals surface area contributed by atoms with Gasteiger partial charge in [0.05, 0.1) is 0 Å². The van der Waals surface area contributed by atoms with Crippen LogP contribution >= 0.6 is 11.8 Å². The van der Waals surface area contributed by atoms with Crippen LogP contribution in [0.5, 0.6) is 0 Å². The minimum atomic E-state index is 0.328. The number of hydrogen-bond donors (Lipinski definition) is 2. The molecule has 2 N–H and O–H groups in total. The van der Waals surface area contributed by atoms with E-state index in [0.29, 0.717) is 18.1 Å². The molecule has 0 aromatic rings. The largest absolute Gasteiger partial charge is 0.396 e. The molecule has 0 aliphatic heterocycles. The number of hydrogen-bond acceptors (Lipinski definition) is 3. The van der Waals surface area contributed by atoms with Crippen molar-refractivity contribution >= 4 is 11.8 Å². The Morgan fingerprint density at radius 1 is 1.43 bits per heavy atom. The second-order valence-corrected chi connectivity index (χ2v) is 5.74. The topological polar surface area (TPSA) is 32.3 Å². The summed E-state index contributed by atoms with van der Waals surface area (Å²) in [5.41, 5.74) is 0.593. The van der Waals surface area contributed by atoms with E-state index in [4.69, 9.17) is 5.11 Å². The third kappa shape index (κ3) is 4.20. The molecule has 3 heteroatoms. The van der Waals surface area contributed by atoms with E-state index in [1.54, 1.807) is 0 Å². The Kier molecular flexibility index (Phi) is 5.28. The van der Waals surface area contributed by atoms with Crippen molar-refractivity contribution in [3.63, 3.8) is 0 Å². The molecule has 2 nitrogen and oxygen atoms in total. The third-order valence-corrected chi connectivity index (χ3v) is 4.30. The van der Waals surface area contributed by atoms with Crippen LogP contribution < -0.4 is 5.32 Å². The van der Waals surface area contributed by atoms with Crippen molar-refractivity contribution in [3.8, 4) is 0 Å². The first-order chi connectivity index (χ1) is 6.69. The van der Waals surface area contributed by atoms with Gasteiger partial charge in [-0.2, -0.15) is 11.8 Å². The smallest absolute Gasteiger partial charge is 0.0438 e. The highest BCUT2D eigenvalue weighted by molar-refractivity contribution is 7.99. The molecule has 0 amide bonds. The van der Waals surface area contributed by atoms with Gasteiger partial charge in [0.1, 0.15) is 0 Å². The summed E-state index contributed by atoms with van der Waals surface area (Å²) in [4.78, 5) is 0. The van der Waals surface area contributed by atoms with Crippen molar-refractivity contribution < 1.29 is 5.11 Å². The monoisotopic (exact) mass is 217 g/mol. The molecule has 0 bridgehead atoms. The van der Waals surface area contributed by atoms with Crippen molar-refractivity contribution in [1.82, 2.24) is 5.32 Å². The number of aliphatic hydroxyl groups excluding tert-OH is 1. The van der Waals surface area contributed by atoms with E-state index >= 15 is 0 Å². The average molecular weight is 217 g/mol. The van der Waals surface area contributed by atoms with Crippen LogP contribution in [0.25, 0.3) is 0 Å². The van der Waals surface area contributed by atoms with Crippen LogP contribution in [-0.4, -0.2) is 35.8 Å². The molecule has 0 radical (unpaired) electrons. The highest BCUT2D eigenvalue weighted by Gasteiger charge is 2.41. The number of thioether (sulfide) groups is 1. The molecule has 1 unspecified atom stereocenters. The zero-order valence-electron chi connectivity index (χ0n) is 9.38. The van der Waals surface area contributed by atoms with Crippen LogP contribution in [0, 0.1) is 5.41 Å². The van der Waals surface area contributed by atoms with Gasteiger partial charge in [-0.15, -0.1) is 0 Å². The quantitative estimate of drug-likeness (QED) is 0.609. The molecule has 0 heterocycles. The molecule has 0 aromatic heterocycles. The van der Waals surface area contributed by atoms with Gasteiger partial charge in [-0.05, 0) is 37.4 Å². The van der Waals surface area contributed by atoms with Crippen LogP contribution in [0.4, 0.5) is 0 Å². The Morgan fingerprint density at radius 3 is 2.71 bits per heavy atom. The summed E-state index contributed by atoms with van der Waals surface area (Å²) < 4.78 is 0. The lowest BCUT2D eigenvalue weighted by Gasteiger charge is -2.20. The molecule has 0 aromatic carbocycles. The maximum atomic E-state index is 8.60. The maximum absolute atomic E-state index is 8.60. The number of aliphatic hydroxyl groups is 1. The molecule has 0 saturated heterocycles. The van der Waals surface area contributed by atoms with Gasteiger partial charge in [0.25, 0.3) is 0 Å². The summed E-state index contributed by atoms with van der Waals surface area (Å²) in [6.45, 7) is 6.09. The van der Waals surface area contributed by atoms with E-state index in [1.165, 1.54) is 18.6 Å². The number of nitrogens with one attached hydrogen (secondary N) is 1. The first kappa shape index (κ1) is 12.3. The van der Waals surface area contributed by atoms with E-state index in [2.05, 4.69) is 19.2 Å². The molecule has 1 atom stereocenters. The summed E-state index contributed by atoms with van der Waals surface area (Å²) >= 11 is 1.93. The van der Waals surface area contributed by atoms with Crippen LogP contribution in [-0.2, 0) is 0 Å². The van der Waals surface area contributed by atoms with Gasteiger partial charge in [-0.3, -0.25) is 0 Å². The molecule has 1 saturated carbocycles. The zero-order valence-corrected chi connectivity index (χ0v) is 10.2. The summed E-state index contributed by atoms with van der Waals surface area (Å²) in [5, 5.41) is 12.2. The van der Waals surface area contributed by atoms with E-state index in [1.807, 2.05) is 11.8 Å². The van der Waals surface area contributed by atoms with E-state index in [0.717, 1.165) is 18.7 Å². The lowest BCUT2D eigenvalue weighted by Crippen LogP contribution is -2.34. The Hall–Kier alpha value is 0.270. The van der Waals surface area contributed by atoms with E-state index < -0.39 is 0 Å². The SMILES string of the molecule is CC(NCCSCCCO)C1(C)CC1. The Labute approximate surface area is 91.9 Å². The Bertz CT molecular complexity index is 159. The fourth-order valence-corrected chi connectivity index (χ4v) is 2.29. The van der Waals surface area contributed by atoms with Crippen molar-refractivity contribution in [2.75, 3.05) is 24.7 Å². The summed E-state index contributed by atoms with van der Waals surface area (Å²) in [7, 11) is 0.